The summed E-state index contributed by atoms with van der Waals surface area (Å²) in [5, 5.41) is 8.80. The van der Waals surface area contributed by atoms with E-state index in [4.69, 9.17) is 5.26 Å². The molecular formula is C18H23FN2S. The minimum absolute atomic E-state index is 0.331. The molecule has 0 saturated carbocycles. The highest BCUT2D eigenvalue weighted by Gasteiger charge is 2.11. The summed E-state index contributed by atoms with van der Waals surface area (Å²) in [7, 11) is 0. The Labute approximate surface area is 138 Å². The first kappa shape index (κ1) is 18.3. The highest BCUT2D eigenvalue weighted by molar-refractivity contribution is 7.80. The van der Waals surface area contributed by atoms with Crippen molar-refractivity contribution in [3.05, 3.63) is 59.7 Å². The lowest BCUT2D eigenvalue weighted by atomic mass is 10.1. The molecule has 0 radical (unpaired) electrons. The van der Waals surface area contributed by atoms with Crippen LogP contribution in [-0.4, -0.2) is 10.7 Å². The average Bonchev–Trinajstić information content (AvgIpc) is 2.53. The Morgan fingerprint density at radius 1 is 1.55 bits per heavy atom. The Bertz CT molecular complexity index is 575. The predicted molar refractivity (Wildman–Crippen MR) is 92.9 cm³/mol. The van der Waals surface area contributed by atoms with E-state index in [1.807, 2.05) is 11.0 Å². The molecule has 0 saturated heterocycles. The summed E-state index contributed by atoms with van der Waals surface area (Å²) in [6.07, 6.45) is 5.76. The van der Waals surface area contributed by atoms with E-state index in [1.54, 1.807) is 18.3 Å². The van der Waals surface area contributed by atoms with Gasteiger partial charge in [-0.3, -0.25) is 0 Å². The van der Waals surface area contributed by atoms with E-state index in [0.29, 0.717) is 23.6 Å². The predicted octanol–water partition coefficient (Wildman–Crippen LogP) is 4.89. The molecule has 0 spiro atoms. The molecule has 0 bridgehead atoms. The monoisotopic (exact) mass is 318 g/mol. The van der Waals surface area contributed by atoms with E-state index in [9.17, 15) is 4.39 Å². The van der Waals surface area contributed by atoms with Crippen molar-refractivity contribution in [3.63, 3.8) is 0 Å². The van der Waals surface area contributed by atoms with E-state index in [-0.39, 0.29) is 5.82 Å². The lowest BCUT2D eigenvalue weighted by molar-refractivity contribution is 0.427. The van der Waals surface area contributed by atoms with Crippen molar-refractivity contribution in [1.82, 2.24) is 4.90 Å². The molecule has 0 amide bonds. The minimum atomic E-state index is -0.361. The van der Waals surface area contributed by atoms with Gasteiger partial charge in [0.05, 0.1) is 18.2 Å². The Morgan fingerprint density at radius 3 is 2.77 bits per heavy atom. The summed E-state index contributed by atoms with van der Waals surface area (Å²) in [6.45, 7) is 8.53. The Morgan fingerprint density at radius 2 is 2.27 bits per heavy atom. The number of rotatable bonds is 8. The van der Waals surface area contributed by atoms with E-state index in [1.165, 1.54) is 6.07 Å². The van der Waals surface area contributed by atoms with Crippen LogP contribution in [0.15, 0.2) is 42.8 Å². The third-order valence-electron chi connectivity index (χ3n) is 3.60. The molecule has 0 fully saturated rings. The molecule has 0 aromatic heterocycles. The molecule has 4 heteroatoms. The first-order valence-electron chi connectivity index (χ1n) is 7.44. The summed E-state index contributed by atoms with van der Waals surface area (Å²) in [5.41, 5.74) is 1.98. The molecule has 0 N–H and O–H groups in total. The van der Waals surface area contributed by atoms with Crippen LogP contribution in [0.2, 0.25) is 0 Å². The maximum Gasteiger partial charge on any atom is 0.129 e. The summed E-state index contributed by atoms with van der Waals surface area (Å²) < 4.78 is 14.1. The van der Waals surface area contributed by atoms with Crippen molar-refractivity contribution in [2.45, 2.75) is 33.2 Å². The topological polar surface area (TPSA) is 27.0 Å². The first-order valence-corrected chi connectivity index (χ1v) is 8.08. The molecule has 0 aliphatic rings. The van der Waals surface area contributed by atoms with Crippen LogP contribution in [0.25, 0.3) is 0 Å². The molecule has 0 heterocycles. The Kier molecular flexibility index (Phi) is 7.76. The van der Waals surface area contributed by atoms with Crippen LogP contribution in [-0.2, 0) is 6.54 Å². The molecule has 0 aliphatic carbocycles. The normalized spacial score (nSPS) is 12.6. The number of hydrogen-bond acceptors (Lipinski definition) is 3. The van der Waals surface area contributed by atoms with Crippen LogP contribution < -0.4 is 0 Å². The van der Waals surface area contributed by atoms with Gasteiger partial charge in [0, 0.05) is 11.3 Å². The summed E-state index contributed by atoms with van der Waals surface area (Å²) in [5.74, 6) is 0.811. The second kappa shape index (κ2) is 9.32. The van der Waals surface area contributed by atoms with Crippen molar-refractivity contribution in [3.8, 4) is 6.07 Å². The number of halogens is 1. The Hall–Kier alpha value is -1.73. The fourth-order valence-electron chi connectivity index (χ4n) is 2.10. The van der Waals surface area contributed by atoms with Crippen molar-refractivity contribution < 1.29 is 4.39 Å². The number of thiol groups is 1. The molecular weight excluding hydrogens is 295 g/mol. The molecule has 1 aromatic rings. The number of hydrogen-bond donors (Lipinski definition) is 1. The van der Waals surface area contributed by atoms with Gasteiger partial charge in [0.25, 0.3) is 0 Å². The van der Waals surface area contributed by atoms with Gasteiger partial charge in [-0.15, -0.1) is 0 Å². The fourth-order valence-corrected chi connectivity index (χ4v) is 2.32. The smallest absolute Gasteiger partial charge is 0.129 e. The maximum atomic E-state index is 14.1. The van der Waals surface area contributed by atoms with E-state index >= 15 is 0 Å². The van der Waals surface area contributed by atoms with Gasteiger partial charge in [-0.25, -0.2) is 4.39 Å². The van der Waals surface area contributed by atoms with Gasteiger partial charge in [-0.1, -0.05) is 39.0 Å². The molecule has 1 unspecified atom stereocenters. The molecule has 1 rings (SSSR count). The SMILES string of the molecule is C=CN(Cc1ccc(C#N)cc1F)/C(=C\C(C)CC)CCS. The van der Waals surface area contributed by atoms with Crippen molar-refractivity contribution in [2.24, 2.45) is 5.92 Å². The van der Waals surface area contributed by atoms with Gasteiger partial charge in [-0.05, 0) is 36.4 Å². The van der Waals surface area contributed by atoms with Gasteiger partial charge < -0.3 is 4.90 Å². The third-order valence-corrected chi connectivity index (χ3v) is 3.82. The highest BCUT2D eigenvalue weighted by Crippen LogP contribution is 2.20. The standard InChI is InChI=1S/C18H23FN2S/c1-4-14(3)10-17(8-9-22)21(5-2)13-16-7-6-15(12-20)11-18(16)19/h5-7,10-11,14,22H,2,4,8-9,13H2,1,3H3/b17-10-. The zero-order chi connectivity index (χ0) is 16.5. The van der Waals surface area contributed by atoms with Crippen LogP contribution in [0.5, 0.6) is 0 Å². The van der Waals surface area contributed by atoms with E-state index in [2.05, 4.69) is 39.1 Å². The fraction of sp³-hybridized carbons (Fsp3) is 0.389. The van der Waals surface area contributed by atoms with Crippen LogP contribution in [0, 0.1) is 23.1 Å². The number of nitrogens with zero attached hydrogens (tertiary/aromatic N) is 2. The number of allylic oxidation sites excluding steroid dienone is 2. The van der Waals surface area contributed by atoms with Crippen LogP contribution in [0.1, 0.15) is 37.8 Å². The zero-order valence-corrected chi connectivity index (χ0v) is 14.1. The quantitative estimate of drug-likeness (QED) is 0.691. The summed E-state index contributed by atoms with van der Waals surface area (Å²) in [6, 6.07) is 6.51. The second-order valence-electron chi connectivity index (χ2n) is 5.25. The summed E-state index contributed by atoms with van der Waals surface area (Å²) >= 11 is 4.31. The van der Waals surface area contributed by atoms with Crippen LogP contribution in [0.4, 0.5) is 4.39 Å². The lowest BCUT2D eigenvalue weighted by Crippen LogP contribution is -2.18. The largest absolute Gasteiger partial charge is 0.348 e. The first-order chi connectivity index (χ1) is 10.5. The van der Waals surface area contributed by atoms with Crippen molar-refractivity contribution >= 4 is 12.6 Å². The van der Waals surface area contributed by atoms with Crippen molar-refractivity contribution in [1.29, 1.82) is 5.26 Å². The van der Waals surface area contributed by atoms with Crippen LogP contribution in [0.3, 0.4) is 0 Å². The highest BCUT2D eigenvalue weighted by atomic mass is 32.1. The molecule has 1 aromatic carbocycles. The van der Waals surface area contributed by atoms with E-state index < -0.39 is 0 Å². The number of nitriles is 1. The summed E-state index contributed by atoms with van der Waals surface area (Å²) in [4.78, 5) is 1.95. The molecule has 118 valence electrons. The molecule has 1 atom stereocenters. The Balaban J connectivity index is 3.01. The van der Waals surface area contributed by atoms with Gasteiger partial charge in [0.15, 0.2) is 0 Å². The number of benzene rings is 1. The van der Waals surface area contributed by atoms with Crippen molar-refractivity contribution in [2.75, 3.05) is 5.75 Å². The van der Waals surface area contributed by atoms with Crippen LogP contribution >= 0.6 is 12.6 Å². The second-order valence-corrected chi connectivity index (χ2v) is 5.69. The molecule has 0 aliphatic heterocycles. The van der Waals surface area contributed by atoms with E-state index in [0.717, 1.165) is 24.3 Å². The third kappa shape index (κ3) is 5.23. The lowest BCUT2D eigenvalue weighted by Gasteiger charge is -2.25. The van der Waals surface area contributed by atoms with Gasteiger partial charge >= 0.3 is 0 Å². The van der Waals surface area contributed by atoms with Gasteiger partial charge in [0.1, 0.15) is 5.82 Å². The minimum Gasteiger partial charge on any atom is -0.348 e. The zero-order valence-electron chi connectivity index (χ0n) is 13.2. The van der Waals surface area contributed by atoms with Gasteiger partial charge in [0.2, 0.25) is 0 Å². The maximum absolute atomic E-state index is 14.1. The average molecular weight is 318 g/mol. The molecule has 22 heavy (non-hydrogen) atoms. The molecule has 2 nitrogen and oxygen atoms in total. The van der Waals surface area contributed by atoms with Gasteiger partial charge in [-0.2, -0.15) is 17.9 Å².